The molecule has 0 aliphatic carbocycles. The average Bonchev–Trinajstić information content (AvgIpc) is 3.28. The molecule has 0 aliphatic heterocycles. The molecule has 0 aliphatic rings. The van der Waals surface area contributed by atoms with Crippen molar-refractivity contribution < 1.29 is 13.3 Å². The van der Waals surface area contributed by atoms with Gasteiger partial charge in [0, 0.05) is 37.5 Å². The Morgan fingerprint density at radius 2 is 0.792 bits per heavy atom. The van der Waals surface area contributed by atoms with Crippen LogP contribution in [0.5, 0.6) is 0 Å². The summed E-state index contributed by atoms with van der Waals surface area (Å²) in [5.41, 5.74) is 2.07. The predicted octanol–water partition coefficient (Wildman–Crippen LogP) is 2.76. The minimum atomic E-state index is 0.378. The highest BCUT2D eigenvalue weighted by Crippen LogP contribution is 2.31. The van der Waals surface area contributed by atoms with Crippen molar-refractivity contribution in [2.45, 2.75) is 20.8 Å². The van der Waals surface area contributed by atoms with Gasteiger partial charge in [-0.3, -0.25) is 0 Å². The summed E-state index contributed by atoms with van der Waals surface area (Å²) in [5.74, 6) is 2.55. The first kappa shape index (κ1) is 14.2. The molecule has 0 atom stereocenters. The van der Waals surface area contributed by atoms with Gasteiger partial charge in [-0.05, 0) is 18.2 Å². The number of hydrogen-bond acceptors (Lipinski definition) is 9. The summed E-state index contributed by atoms with van der Waals surface area (Å²) in [4.78, 5) is 0. The minimum Gasteiger partial charge on any atom is -0.421 e. The van der Waals surface area contributed by atoms with E-state index in [1.807, 2.05) is 18.2 Å². The molecule has 0 N–H and O–H groups in total. The zero-order valence-corrected chi connectivity index (χ0v) is 13.1. The lowest BCUT2D eigenvalue weighted by atomic mass is 10.1. The molecule has 120 valence electrons. The summed E-state index contributed by atoms with van der Waals surface area (Å²) in [6.45, 7) is 5.18. The second-order valence-electron chi connectivity index (χ2n) is 5.18. The van der Waals surface area contributed by atoms with Gasteiger partial charge in [-0.15, -0.1) is 30.6 Å². The van der Waals surface area contributed by atoms with Crippen LogP contribution >= 0.6 is 0 Å². The summed E-state index contributed by atoms with van der Waals surface area (Å²) in [5, 5.41) is 23.7. The Labute approximate surface area is 135 Å². The third-order valence-corrected chi connectivity index (χ3v) is 3.25. The van der Waals surface area contributed by atoms with E-state index in [-0.39, 0.29) is 0 Å². The van der Waals surface area contributed by atoms with Crippen molar-refractivity contribution in [3.63, 3.8) is 0 Å². The average molecular weight is 324 g/mol. The van der Waals surface area contributed by atoms with Crippen LogP contribution in [0, 0.1) is 20.8 Å². The highest BCUT2D eigenvalue weighted by atomic mass is 16.4. The van der Waals surface area contributed by atoms with Crippen LogP contribution in [-0.4, -0.2) is 30.6 Å². The van der Waals surface area contributed by atoms with Gasteiger partial charge < -0.3 is 13.3 Å². The van der Waals surface area contributed by atoms with E-state index in [0.29, 0.717) is 52.0 Å². The normalized spacial score (nSPS) is 11.1. The molecule has 0 unspecified atom stereocenters. The van der Waals surface area contributed by atoms with E-state index in [4.69, 9.17) is 13.3 Å². The molecule has 0 radical (unpaired) electrons. The first-order chi connectivity index (χ1) is 11.6. The molecule has 1 aromatic carbocycles. The molecule has 24 heavy (non-hydrogen) atoms. The molecule has 9 nitrogen and oxygen atoms in total. The zero-order chi connectivity index (χ0) is 16.7. The summed E-state index contributed by atoms with van der Waals surface area (Å²) in [7, 11) is 0. The fourth-order valence-corrected chi connectivity index (χ4v) is 2.24. The summed E-state index contributed by atoms with van der Waals surface area (Å²) in [6, 6.07) is 5.48. The van der Waals surface area contributed by atoms with Crippen LogP contribution in [0.4, 0.5) is 0 Å². The first-order valence-corrected chi connectivity index (χ1v) is 7.15. The van der Waals surface area contributed by atoms with Gasteiger partial charge in [0.05, 0.1) is 0 Å². The third kappa shape index (κ3) is 2.56. The summed E-state index contributed by atoms with van der Waals surface area (Å²) in [6.07, 6.45) is 0. The van der Waals surface area contributed by atoms with Crippen LogP contribution in [0.15, 0.2) is 31.5 Å². The number of nitrogens with zero attached hydrogens (tertiary/aromatic N) is 6. The fraction of sp³-hybridized carbons (Fsp3) is 0.200. The van der Waals surface area contributed by atoms with Gasteiger partial charge in [-0.2, -0.15) is 0 Å². The monoisotopic (exact) mass is 324 g/mol. The van der Waals surface area contributed by atoms with Gasteiger partial charge in [-0.25, -0.2) is 0 Å². The van der Waals surface area contributed by atoms with Crippen LogP contribution in [0.1, 0.15) is 17.7 Å². The Morgan fingerprint density at radius 1 is 0.500 bits per heavy atom. The van der Waals surface area contributed by atoms with Crippen molar-refractivity contribution in [1.29, 1.82) is 0 Å². The quantitative estimate of drug-likeness (QED) is 0.560. The Morgan fingerprint density at radius 3 is 1.00 bits per heavy atom. The maximum atomic E-state index is 5.51. The lowest BCUT2D eigenvalue weighted by Gasteiger charge is -2.03. The SMILES string of the molecule is Cc1nnc(-c2cc(-c3nnc(C)o3)cc(-c3nnc(C)o3)c2)o1. The van der Waals surface area contributed by atoms with Crippen LogP contribution in [0.25, 0.3) is 34.4 Å². The van der Waals surface area contributed by atoms with Gasteiger partial charge in [0.1, 0.15) is 0 Å². The van der Waals surface area contributed by atoms with Crippen LogP contribution in [0.2, 0.25) is 0 Å². The predicted molar refractivity (Wildman–Crippen MR) is 80.5 cm³/mol. The van der Waals surface area contributed by atoms with E-state index in [2.05, 4.69) is 30.6 Å². The van der Waals surface area contributed by atoms with E-state index in [9.17, 15) is 0 Å². The lowest BCUT2D eigenvalue weighted by molar-refractivity contribution is 0.530. The minimum absolute atomic E-state index is 0.378. The topological polar surface area (TPSA) is 117 Å². The van der Waals surface area contributed by atoms with Crippen LogP contribution < -0.4 is 0 Å². The summed E-state index contributed by atoms with van der Waals surface area (Å²) >= 11 is 0. The van der Waals surface area contributed by atoms with Crippen LogP contribution in [-0.2, 0) is 0 Å². The highest BCUT2D eigenvalue weighted by molar-refractivity contribution is 5.73. The zero-order valence-electron chi connectivity index (χ0n) is 13.1. The molecule has 3 heterocycles. The van der Waals surface area contributed by atoms with Gasteiger partial charge in [0.15, 0.2) is 0 Å². The molecular weight excluding hydrogens is 312 g/mol. The molecule has 4 rings (SSSR count). The fourth-order valence-electron chi connectivity index (χ4n) is 2.24. The van der Waals surface area contributed by atoms with Crippen molar-refractivity contribution in [3.8, 4) is 34.4 Å². The number of aromatic nitrogens is 6. The molecule has 3 aromatic heterocycles. The second kappa shape index (κ2) is 5.37. The molecule has 0 fully saturated rings. The highest BCUT2D eigenvalue weighted by Gasteiger charge is 2.16. The Hall–Kier alpha value is -3.36. The van der Waals surface area contributed by atoms with Gasteiger partial charge in [0.25, 0.3) is 0 Å². The third-order valence-electron chi connectivity index (χ3n) is 3.25. The number of benzene rings is 1. The molecule has 4 aromatic rings. The maximum Gasteiger partial charge on any atom is 0.247 e. The van der Waals surface area contributed by atoms with Crippen molar-refractivity contribution in [2.24, 2.45) is 0 Å². The van der Waals surface area contributed by atoms with E-state index >= 15 is 0 Å². The van der Waals surface area contributed by atoms with E-state index in [1.54, 1.807) is 20.8 Å². The largest absolute Gasteiger partial charge is 0.421 e. The smallest absolute Gasteiger partial charge is 0.247 e. The molecular formula is C15H12N6O3. The standard InChI is InChI=1S/C15H12N6O3/c1-7-16-19-13(22-7)10-4-11(14-20-17-8(2)23-14)6-12(5-10)15-21-18-9(3)24-15/h4-6H,1-3H3. The van der Waals surface area contributed by atoms with Crippen molar-refractivity contribution in [2.75, 3.05) is 0 Å². The molecule has 0 spiro atoms. The molecule has 0 bridgehead atoms. The Balaban J connectivity index is 1.90. The van der Waals surface area contributed by atoms with Crippen molar-refractivity contribution in [1.82, 2.24) is 30.6 Å². The lowest BCUT2D eigenvalue weighted by Crippen LogP contribution is -1.87. The van der Waals surface area contributed by atoms with Crippen LogP contribution in [0.3, 0.4) is 0 Å². The maximum absolute atomic E-state index is 5.51. The first-order valence-electron chi connectivity index (χ1n) is 7.15. The van der Waals surface area contributed by atoms with E-state index in [0.717, 1.165) is 0 Å². The van der Waals surface area contributed by atoms with Gasteiger partial charge >= 0.3 is 0 Å². The molecule has 9 heteroatoms. The number of aryl methyl sites for hydroxylation is 3. The van der Waals surface area contributed by atoms with Gasteiger partial charge in [0.2, 0.25) is 35.3 Å². The second-order valence-corrected chi connectivity index (χ2v) is 5.18. The number of hydrogen-bond donors (Lipinski definition) is 0. The van der Waals surface area contributed by atoms with Crippen molar-refractivity contribution in [3.05, 3.63) is 35.9 Å². The molecule has 0 amide bonds. The van der Waals surface area contributed by atoms with Crippen molar-refractivity contribution >= 4 is 0 Å². The number of rotatable bonds is 3. The Kier molecular flexibility index (Phi) is 3.19. The Bertz CT molecular complexity index is 874. The molecule has 0 saturated carbocycles. The molecule has 0 saturated heterocycles. The van der Waals surface area contributed by atoms with E-state index < -0.39 is 0 Å². The van der Waals surface area contributed by atoms with Gasteiger partial charge in [-0.1, -0.05) is 0 Å². The summed E-state index contributed by atoms with van der Waals surface area (Å²) < 4.78 is 16.5. The van der Waals surface area contributed by atoms with E-state index in [1.165, 1.54) is 0 Å².